The molecule has 21 heavy (non-hydrogen) atoms. The Morgan fingerprint density at radius 1 is 1.05 bits per heavy atom. The van der Waals surface area contributed by atoms with Crippen molar-refractivity contribution in [2.24, 2.45) is 0 Å². The molecule has 6 heteroatoms. The molecule has 2 aromatic rings. The Balaban J connectivity index is 2.25. The van der Waals surface area contributed by atoms with Crippen molar-refractivity contribution in [2.75, 3.05) is 0 Å². The van der Waals surface area contributed by atoms with Gasteiger partial charge < -0.3 is 0 Å². The van der Waals surface area contributed by atoms with Gasteiger partial charge in [-0.05, 0) is 58.5 Å². The summed E-state index contributed by atoms with van der Waals surface area (Å²) in [5, 5.41) is 0. The summed E-state index contributed by atoms with van der Waals surface area (Å²) in [5.41, 5.74) is -0.878. The predicted octanol–water partition coefficient (Wildman–Crippen LogP) is 4.87. The van der Waals surface area contributed by atoms with E-state index < -0.39 is 23.3 Å². The highest BCUT2D eigenvalue weighted by Gasteiger charge is 2.34. The van der Waals surface area contributed by atoms with E-state index >= 15 is 0 Å². The normalized spacial score (nSPS) is 11.5. The van der Waals surface area contributed by atoms with Gasteiger partial charge in [-0.25, -0.2) is 4.39 Å². The van der Waals surface area contributed by atoms with Gasteiger partial charge in [0.05, 0.1) is 5.56 Å². The second kappa shape index (κ2) is 6.13. The number of rotatable bonds is 3. The van der Waals surface area contributed by atoms with Gasteiger partial charge >= 0.3 is 6.18 Å². The van der Waals surface area contributed by atoms with E-state index in [4.69, 9.17) is 0 Å². The van der Waals surface area contributed by atoms with Gasteiger partial charge in [-0.1, -0.05) is 12.1 Å². The van der Waals surface area contributed by atoms with Gasteiger partial charge in [-0.15, -0.1) is 0 Å². The van der Waals surface area contributed by atoms with Gasteiger partial charge in [0.1, 0.15) is 5.82 Å². The summed E-state index contributed by atoms with van der Waals surface area (Å²) in [6, 6.07) is 9.36. The van der Waals surface area contributed by atoms with Crippen molar-refractivity contribution in [3.8, 4) is 0 Å². The number of alkyl halides is 3. The van der Waals surface area contributed by atoms with E-state index in [1.165, 1.54) is 0 Å². The highest BCUT2D eigenvalue weighted by molar-refractivity contribution is 14.1. The van der Waals surface area contributed by atoms with Gasteiger partial charge in [-0.3, -0.25) is 4.79 Å². The van der Waals surface area contributed by atoms with Crippen LogP contribution in [0.2, 0.25) is 0 Å². The third-order valence-electron chi connectivity index (χ3n) is 2.87. The highest BCUT2D eigenvalue weighted by atomic mass is 127. The molecule has 0 aromatic heterocycles. The summed E-state index contributed by atoms with van der Waals surface area (Å²) in [5.74, 6) is -1.87. The van der Waals surface area contributed by atoms with Crippen molar-refractivity contribution < 1.29 is 22.4 Å². The molecule has 0 radical (unpaired) electrons. The zero-order chi connectivity index (χ0) is 15.6. The number of halogens is 5. The van der Waals surface area contributed by atoms with Crippen molar-refractivity contribution in [2.45, 2.75) is 12.6 Å². The maximum Gasteiger partial charge on any atom is 0.419 e. The SMILES string of the molecule is O=C(Cc1ccc(I)cc1)c1ccc(F)c(C(F)(F)F)c1. The maximum atomic E-state index is 13.2. The Morgan fingerprint density at radius 2 is 1.67 bits per heavy atom. The molecule has 0 aliphatic heterocycles. The fourth-order valence-electron chi connectivity index (χ4n) is 1.81. The Kier molecular flexibility index (Phi) is 4.65. The first kappa shape index (κ1) is 15.9. The first-order valence-electron chi connectivity index (χ1n) is 5.92. The van der Waals surface area contributed by atoms with E-state index in [9.17, 15) is 22.4 Å². The van der Waals surface area contributed by atoms with Crippen LogP contribution in [0.1, 0.15) is 21.5 Å². The molecule has 0 atom stereocenters. The van der Waals surface area contributed by atoms with E-state index in [1.54, 1.807) is 24.3 Å². The number of Topliss-reactive ketones (excluding diaryl/α,β-unsaturated/α-hetero) is 1. The monoisotopic (exact) mass is 408 g/mol. The lowest BCUT2D eigenvalue weighted by Gasteiger charge is -2.09. The molecule has 0 amide bonds. The van der Waals surface area contributed by atoms with E-state index in [-0.39, 0.29) is 12.0 Å². The first-order chi connectivity index (χ1) is 9.77. The molecule has 0 unspecified atom stereocenters. The van der Waals surface area contributed by atoms with E-state index in [0.717, 1.165) is 9.64 Å². The fourth-order valence-corrected chi connectivity index (χ4v) is 2.17. The second-order valence-corrected chi connectivity index (χ2v) is 5.66. The van der Waals surface area contributed by atoms with Crippen LogP contribution in [0.4, 0.5) is 17.6 Å². The van der Waals surface area contributed by atoms with E-state index in [0.29, 0.717) is 17.7 Å². The average molecular weight is 408 g/mol. The number of carbonyl (C=O) groups is 1. The van der Waals surface area contributed by atoms with Crippen LogP contribution in [0.15, 0.2) is 42.5 Å². The number of ketones is 1. The Hall–Kier alpha value is -1.44. The molecule has 110 valence electrons. The molecule has 0 saturated heterocycles. The largest absolute Gasteiger partial charge is 0.419 e. The van der Waals surface area contributed by atoms with Gasteiger partial charge in [0.15, 0.2) is 5.78 Å². The van der Waals surface area contributed by atoms with Gasteiger partial charge in [0.2, 0.25) is 0 Å². The summed E-state index contributed by atoms with van der Waals surface area (Å²) in [6.07, 6.45) is -4.84. The minimum atomic E-state index is -4.82. The maximum absolute atomic E-state index is 13.2. The fraction of sp³-hybridized carbons (Fsp3) is 0.133. The van der Waals surface area contributed by atoms with Crippen molar-refractivity contribution in [1.29, 1.82) is 0 Å². The van der Waals surface area contributed by atoms with Crippen LogP contribution in [0.3, 0.4) is 0 Å². The Morgan fingerprint density at radius 3 is 2.24 bits per heavy atom. The lowest BCUT2D eigenvalue weighted by molar-refractivity contribution is -0.140. The number of benzene rings is 2. The molecule has 0 N–H and O–H groups in total. The molecule has 1 nitrogen and oxygen atoms in total. The van der Waals surface area contributed by atoms with Crippen LogP contribution in [0.5, 0.6) is 0 Å². The smallest absolute Gasteiger partial charge is 0.294 e. The van der Waals surface area contributed by atoms with Crippen LogP contribution < -0.4 is 0 Å². The molecule has 0 aliphatic rings. The molecule has 0 fully saturated rings. The molecule has 2 rings (SSSR count). The standard InChI is InChI=1S/C15H9F4IO/c16-13-6-3-10(8-12(13)15(17,18)19)14(21)7-9-1-4-11(20)5-2-9/h1-6,8H,7H2. The van der Waals surface area contributed by atoms with Crippen molar-refractivity contribution in [1.82, 2.24) is 0 Å². The molecule has 2 aromatic carbocycles. The number of carbonyl (C=O) groups excluding carboxylic acids is 1. The molecular weight excluding hydrogens is 399 g/mol. The van der Waals surface area contributed by atoms with Crippen LogP contribution in [-0.2, 0) is 12.6 Å². The van der Waals surface area contributed by atoms with Crippen molar-refractivity contribution in [3.63, 3.8) is 0 Å². The molecular formula is C15H9F4IO. The summed E-state index contributed by atoms with van der Waals surface area (Å²) < 4.78 is 52.0. The Bertz CT molecular complexity index is 662. The average Bonchev–Trinajstić information content (AvgIpc) is 2.40. The highest BCUT2D eigenvalue weighted by Crippen LogP contribution is 2.32. The van der Waals surface area contributed by atoms with Crippen molar-refractivity contribution >= 4 is 28.4 Å². The van der Waals surface area contributed by atoms with Crippen LogP contribution in [0.25, 0.3) is 0 Å². The molecule has 0 bridgehead atoms. The van der Waals surface area contributed by atoms with Crippen molar-refractivity contribution in [3.05, 3.63) is 68.5 Å². The predicted molar refractivity (Wildman–Crippen MR) is 78.6 cm³/mol. The topological polar surface area (TPSA) is 17.1 Å². The minimum absolute atomic E-state index is 0.0279. The summed E-state index contributed by atoms with van der Waals surface area (Å²) in [6.45, 7) is 0. The zero-order valence-corrected chi connectivity index (χ0v) is 12.7. The molecule has 0 spiro atoms. The molecule has 0 saturated carbocycles. The van der Waals surface area contributed by atoms with Crippen LogP contribution in [0, 0.1) is 9.39 Å². The first-order valence-corrected chi connectivity index (χ1v) is 6.99. The molecule has 0 aliphatic carbocycles. The number of hydrogen-bond donors (Lipinski definition) is 0. The Labute approximate surface area is 132 Å². The summed E-state index contributed by atoms with van der Waals surface area (Å²) in [4.78, 5) is 12.0. The molecule has 0 heterocycles. The van der Waals surface area contributed by atoms with Gasteiger partial charge in [0.25, 0.3) is 0 Å². The summed E-state index contributed by atoms with van der Waals surface area (Å²) >= 11 is 2.11. The van der Waals surface area contributed by atoms with Crippen LogP contribution in [-0.4, -0.2) is 5.78 Å². The number of hydrogen-bond acceptors (Lipinski definition) is 1. The zero-order valence-electron chi connectivity index (χ0n) is 10.5. The lowest BCUT2D eigenvalue weighted by Crippen LogP contribution is -2.11. The lowest BCUT2D eigenvalue weighted by atomic mass is 10.0. The third kappa shape index (κ3) is 4.03. The minimum Gasteiger partial charge on any atom is -0.294 e. The third-order valence-corrected chi connectivity index (χ3v) is 3.59. The van der Waals surface area contributed by atoms with Crippen LogP contribution >= 0.6 is 22.6 Å². The summed E-state index contributed by atoms with van der Waals surface area (Å²) in [7, 11) is 0. The van der Waals surface area contributed by atoms with Gasteiger partial charge in [0, 0.05) is 15.6 Å². The second-order valence-electron chi connectivity index (χ2n) is 4.42. The van der Waals surface area contributed by atoms with Gasteiger partial charge in [-0.2, -0.15) is 13.2 Å². The van der Waals surface area contributed by atoms with E-state index in [1.807, 2.05) is 0 Å². The van der Waals surface area contributed by atoms with E-state index in [2.05, 4.69) is 22.6 Å². The quantitative estimate of drug-likeness (QED) is 0.402.